The van der Waals surface area contributed by atoms with Gasteiger partial charge in [-0.25, -0.2) is 15.0 Å². The van der Waals surface area contributed by atoms with Crippen LogP contribution in [0.5, 0.6) is 5.75 Å². The van der Waals surface area contributed by atoms with E-state index in [1.807, 2.05) is 43.4 Å². The van der Waals surface area contributed by atoms with Gasteiger partial charge in [-0.15, -0.1) is 16.7 Å². The van der Waals surface area contributed by atoms with Crippen molar-refractivity contribution in [2.45, 2.75) is 6.42 Å². The minimum absolute atomic E-state index is 0.558. The average Bonchev–Trinajstić information content (AvgIpc) is 3.36. The van der Waals surface area contributed by atoms with Gasteiger partial charge in [-0.2, -0.15) is 0 Å². The Hall–Kier alpha value is -4.42. The largest absolute Gasteiger partial charge is 0.492 e. The summed E-state index contributed by atoms with van der Waals surface area (Å²) in [6, 6.07) is 11.4. The summed E-state index contributed by atoms with van der Waals surface area (Å²) < 4.78 is 5.60. The second kappa shape index (κ2) is 10.2. The van der Waals surface area contributed by atoms with Crippen molar-refractivity contribution in [3.63, 3.8) is 0 Å². The van der Waals surface area contributed by atoms with Crippen LogP contribution in [-0.2, 0) is 0 Å². The van der Waals surface area contributed by atoms with Gasteiger partial charge in [0.2, 0.25) is 0 Å². The standard InChI is InChI=1S/C25H21ClN8O/c1-27-25-20-15-29-24(31-23-8-6-18(14-28-23)35-10-2-9-26)12-19(20)17(13-30-25)5-3-16-4-7-21-22(11-16)33-34-32-21/h4,6-8,11-15H,2,9-10H2,1H3,(H,27,30)(H,28,29,31)(H,32,33,34). The molecule has 3 N–H and O–H groups in total. The number of rotatable bonds is 7. The number of H-pyrrole nitrogens is 1. The summed E-state index contributed by atoms with van der Waals surface area (Å²) in [4.78, 5) is 13.4. The molecule has 1 aromatic carbocycles. The zero-order chi connectivity index (χ0) is 24.0. The van der Waals surface area contributed by atoms with E-state index < -0.39 is 0 Å². The normalized spacial score (nSPS) is 10.7. The quantitative estimate of drug-likeness (QED) is 0.176. The van der Waals surface area contributed by atoms with E-state index in [2.05, 4.69) is 52.8 Å². The van der Waals surface area contributed by atoms with Crippen molar-refractivity contribution in [2.24, 2.45) is 0 Å². The summed E-state index contributed by atoms with van der Waals surface area (Å²) >= 11 is 5.69. The Morgan fingerprint density at radius 3 is 2.71 bits per heavy atom. The molecule has 4 heterocycles. The summed E-state index contributed by atoms with van der Waals surface area (Å²) in [5.74, 6) is 9.72. The lowest BCUT2D eigenvalue weighted by atomic mass is 10.1. The van der Waals surface area contributed by atoms with Crippen molar-refractivity contribution in [1.29, 1.82) is 0 Å². The predicted octanol–water partition coefficient (Wildman–Crippen LogP) is 4.49. The van der Waals surface area contributed by atoms with Crippen LogP contribution in [0.15, 0.2) is 55.0 Å². The third-order valence-corrected chi connectivity index (χ3v) is 5.48. The van der Waals surface area contributed by atoms with Crippen molar-refractivity contribution in [2.75, 3.05) is 30.2 Å². The van der Waals surface area contributed by atoms with Gasteiger partial charge in [0.25, 0.3) is 0 Å². The van der Waals surface area contributed by atoms with Gasteiger partial charge >= 0.3 is 0 Å². The van der Waals surface area contributed by atoms with Crippen LogP contribution >= 0.6 is 11.6 Å². The maximum Gasteiger partial charge on any atom is 0.137 e. The number of anilines is 3. The maximum atomic E-state index is 5.69. The Labute approximate surface area is 206 Å². The number of nitrogens with one attached hydrogen (secondary N) is 3. The lowest BCUT2D eigenvalue weighted by molar-refractivity contribution is 0.317. The molecule has 4 aromatic heterocycles. The molecule has 0 amide bonds. The summed E-state index contributed by atoms with van der Waals surface area (Å²) in [5.41, 5.74) is 3.25. The van der Waals surface area contributed by atoms with Crippen LogP contribution in [0.25, 0.3) is 21.8 Å². The molecule has 9 nitrogen and oxygen atoms in total. The van der Waals surface area contributed by atoms with E-state index in [1.54, 1.807) is 18.6 Å². The van der Waals surface area contributed by atoms with Gasteiger partial charge in [-0.05, 0) is 42.8 Å². The molecule has 0 aliphatic carbocycles. The first-order valence-electron chi connectivity index (χ1n) is 10.9. The maximum absolute atomic E-state index is 5.69. The number of hydrogen-bond acceptors (Lipinski definition) is 8. The number of halogens is 1. The van der Waals surface area contributed by atoms with Gasteiger partial charge in [0.05, 0.1) is 23.9 Å². The topological polar surface area (TPSA) is 114 Å². The number of alkyl halides is 1. The first-order valence-corrected chi connectivity index (χ1v) is 11.5. The molecule has 0 atom stereocenters. The third kappa shape index (κ3) is 5.08. The molecule has 5 aromatic rings. The lowest BCUT2D eigenvalue weighted by Gasteiger charge is -2.10. The fourth-order valence-corrected chi connectivity index (χ4v) is 3.59. The van der Waals surface area contributed by atoms with Crippen LogP contribution < -0.4 is 15.4 Å². The number of fused-ring (bicyclic) bond motifs is 2. The van der Waals surface area contributed by atoms with Crippen molar-refractivity contribution in [1.82, 2.24) is 30.4 Å². The van der Waals surface area contributed by atoms with Crippen molar-refractivity contribution < 1.29 is 4.74 Å². The summed E-state index contributed by atoms with van der Waals surface area (Å²) in [6.45, 7) is 0.558. The highest BCUT2D eigenvalue weighted by Gasteiger charge is 2.09. The Kier molecular flexibility index (Phi) is 6.55. The zero-order valence-corrected chi connectivity index (χ0v) is 19.6. The van der Waals surface area contributed by atoms with E-state index in [1.165, 1.54) is 0 Å². The first-order chi connectivity index (χ1) is 17.2. The summed E-state index contributed by atoms with van der Waals surface area (Å²) in [5, 5.41) is 18.8. The van der Waals surface area contributed by atoms with Gasteiger partial charge in [-0.3, -0.25) is 5.10 Å². The SMILES string of the molecule is CNc1ncc(C#Cc2ccc3[nH]nnc3c2)c2cc(Nc3ccc(OCCCCl)cn3)ncc12. The number of pyridine rings is 3. The monoisotopic (exact) mass is 484 g/mol. The van der Waals surface area contributed by atoms with E-state index >= 15 is 0 Å². The fraction of sp³-hybridized carbons (Fsp3) is 0.160. The van der Waals surface area contributed by atoms with Crippen LogP contribution in [0.4, 0.5) is 17.5 Å². The number of nitrogens with zero attached hydrogens (tertiary/aromatic N) is 5. The van der Waals surface area contributed by atoms with E-state index in [0.29, 0.717) is 29.9 Å². The molecule has 0 saturated heterocycles. The molecule has 0 unspecified atom stereocenters. The highest BCUT2D eigenvalue weighted by Crippen LogP contribution is 2.27. The third-order valence-electron chi connectivity index (χ3n) is 5.22. The second-order valence-electron chi connectivity index (χ2n) is 7.57. The smallest absolute Gasteiger partial charge is 0.137 e. The van der Waals surface area contributed by atoms with Crippen LogP contribution in [0, 0.1) is 11.8 Å². The lowest BCUT2D eigenvalue weighted by Crippen LogP contribution is -2.01. The molecular weight excluding hydrogens is 464 g/mol. The highest BCUT2D eigenvalue weighted by molar-refractivity contribution is 6.17. The van der Waals surface area contributed by atoms with Crippen LogP contribution in [0.3, 0.4) is 0 Å². The van der Waals surface area contributed by atoms with E-state index in [4.69, 9.17) is 16.3 Å². The van der Waals surface area contributed by atoms with E-state index in [0.717, 1.165) is 45.2 Å². The fourth-order valence-electron chi connectivity index (χ4n) is 3.48. The van der Waals surface area contributed by atoms with Gasteiger partial charge in [0.15, 0.2) is 0 Å². The van der Waals surface area contributed by atoms with Crippen molar-refractivity contribution in [3.05, 3.63) is 66.1 Å². The van der Waals surface area contributed by atoms with Crippen LogP contribution in [0.1, 0.15) is 17.5 Å². The van der Waals surface area contributed by atoms with Crippen LogP contribution in [-0.4, -0.2) is 49.9 Å². The predicted molar refractivity (Wildman–Crippen MR) is 137 cm³/mol. The minimum Gasteiger partial charge on any atom is -0.492 e. The Morgan fingerprint density at radius 1 is 0.971 bits per heavy atom. The van der Waals surface area contributed by atoms with Crippen molar-refractivity contribution >= 4 is 50.9 Å². The van der Waals surface area contributed by atoms with Crippen molar-refractivity contribution in [3.8, 4) is 17.6 Å². The molecule has 10 heteroatoms. The van der Waals surface area contributed by atoms with Gasteiger partial charge < -0.3 is 15.4 Å². The molecule has 0 spiro atoms. The molecule has 0 radical (unpaired) electrons. The second-order valence-corrected chi connectivity index (χ2v) is 7.95. The molecule has 0 aliphatic rings. The number of aromatic amines is 1. The number of ether oxygens (including phenoxy) is 1. The Bertz CT molecular complexity index is 1540. The van der Waals surface area contributed by atoms with E-state index in [-0.39, 0.29) is 0 Å². The average molecular weight is 485 g/mol. The summed E-state index contributed by atoms with van der Waals surface area (Å²) in [6.07, 6.45) is 5.98. The summed E-state index contributed by atoms with van der Waals surface area (Å²) in [7, 11) is 1.83. The highest BCUT2D eigenvalue weighted by atomic mass is 35.5. The molecule has 174 valence electrons. The van der Waals surface area contributed by atoms with E-state index in [9.17, 15) is 0 Å². The zero-order valence-electron chi connectivity index (χ0n) is 18.8. The number of hydrogen-bond donors (Lipinski definition) is 3. The van der Waals surface area contributed by atoms with Gasteiger partial charge in [-0.1, -0.05) is 17.1 Å². The molecular formula is C25H21ClN8O. The molecule has 0 bridgehead atoms. The van der Waals surface area contributed by atoms with Crippen LogP contribution in [0.2, 0.25) is 0 Å². The molecule has 0 saturated carbocycles. The first kappa shape index (κ1) is 22.4. The Balaban J connectivity index is 1.43. The number of aromatic nitrogens is 6. The Morgan fingerprint density at radius 2 is 1.89 bits per heavy atom. The van der Waals surface area contributed by atoms with Gasteiger partial charge in [0.1, 0.15) is 28.7 Å². The molecule has 5 rings (SSSR count). The minimum atomic E-state index is 0.558. The van der Waals surface area contributed by atoms with Gasteiger partial charge in [0, 0.05) is 41.7 Å². The molecule has 0 fully saturated rings. The molecule has 35 heavy (non-hydrogen) atoms. The number of benzene rings is 1. The molecule has 0 aliphatic heterocycles.